The monoisotopic (exact) mass is 291 g/mol. The number of nitrogen functional groups attached to an aromatic ring is 1. The van der Waals surface area contributed by atoms with Crippen molar-refractivity contribution in [3.63, 3.8) is 0 Å². The number of nitrogens with one attached hydrogen (secondary N) is 1. The molecule has 1 unspecified atom stereocenters. The number of alkyl halides is 3. The van der Waals surface area contributed by atoms with E-state index in [2.05, 4.69) is 20.2 Å². The Morgan fingerprint density at radius 1 is 1.50 bits per heavy atom. The largest absolute Gasteiger partial charge is 0.433 e. The van der Waals surface area contributed by atoms with Crippen LogP contribution in [0.4, 0.5) is 24.9 Å². The Hall–Kier alpha value is -1.61. The maximum atomic E-state index is 12.6. The van der Waals surface area contributed by atoms with Gasteiger partial charge in [-0.3, -0.25) is 0 Å². The minimum atomic E-state index is -4.55. The van der Waals surface area contributed by atoms with Gasteiger partial charge in [-0.1, -0.05) is 0 Å². The molecule has 1 saturated heterocycles. The maximum Gasteiger partial charge on any atom is 0.433 e. The van der Waals surface area contributed by atoms with Crippen molar-refractivity contribution in [2.75, 3.05) is 44.3 Å². The molecule has 9 heteroatoms. The Morgan fingerprint density at radius 2 is 2.25 bits per heavy atom. The third kappa shape index (κ3) is 3.94. The predicted molar refractivity (Wildman–Crippen MR) is 67.2 cm³/mol. The zero-order valence-corrected chi connectivity index (χ0v) is 10.9. The first-order chi connectivity index (χ1) is 9.34. The molecule has 0 radical (unpaired) electrons. The van der Waals surface area contributed by atoms with Crippen LogP contribution in [0.3, 0.4) is 0 Å². The number of ether oxygens (including phenoxy) is 1. The van der Waals surface area contributed by atoms with Gasteiger partial charge in [0.2, 0.25) is 5.95 Å². The number of rotatable bonds is 3. The van der Waals surface area contributed by atoms with Crippen molar-refractivity contribution in [1.82, 2.24) is 14.9 Å². The van der Waals surface area contributed by atoms with Gasteiger partial charge in [-0.25, -0.2) is 4.98 Å². The molecule has 1 aromatic heterocycles. The molecule has 0 spiro atoms. The first-order valence-corrected chi connectivity index (χ1v) is 6.10. The van der Waals surface area contributed by atoms with Gasteiger partial charge in [0, 0.05) is 25.7 Å². The number of hydrogen-bond acceptors (Lipinski definition) is 6. The van der Waals surface area contributed by atoms with Crippen LogP contribution in [-0.2, 0) is 10.9 Å². The zero-order valence-electron chi connectivity index (χ0n) is 10.9. The van der Waals surface area contributed by atoms with Gasteiger partial charge in [-0.15, -0.1) is 0 Å². The molecule has 1 aliphatic rings. The molecule has 0 amide bonds. The van der Waals surface area contributed by atoms with Crippen LogP contribution in [0.5, 0.6) is 0 Å². The normalized spacial score (nSPS) is 20.9. The molecule has 0 bridgehead atoms. The molecule has 1 atom stereocenters. The summed E-state index contributed by atoms with van der Waals surface area (Å²) in [4.78, 5) is 9.00. The van der Waals surface area contributed by atoms with Crippen LogP contribution in [0.15, 0.2) is 6.07 Å². The summed E-state index contributed by atoms with van der Waals surface area (Å²) >= 11 is 0. The average Bonchev–Trinajstić information content (AvgIpc) is 2.35. The lowest BCUT2D eigenvalue weighted by Gasteiger charge is -2.30. The molecule has 1 fully saturated rings. The number of halogens is 3. The lowest BCUT2D eigenvalue weighted by molar-refractivity contribution is -0.141. The summed E-state index contributed by atoms with van der Waals surface area (Å²) in [6.45, 7) is 2.51. The highest BCUT2D eigenvalue weighted by Crippen LogP contribution is 2.29. The summed E-state index contributed by atoms with van der Waals surface area (Å²) in [6.07, 6.45) is -4.64. The van der Waals surface area contributed by atoms with E-state index in [0.29, 0.717) is 19.7 Å². The van der Waals surface area contributed by atoms with Crippen LogP contribution < -0.4 is 11.1 Å². The number of likely N-dealkylation sites (N-methyl/N-ethyl adjacent to an activating group) is 1. The van der Waals surface area contributed by atoms with E-state index in [0.717, 1.165) is 12.6 Å². The standard InChI is InChI=1S/C11H16F3N5O/c1-19-2-3-20-7(6-19)5-16-9-4-8(11(12,13)14)17-10(15)18-9/h4,7H,2-3,5-6H2,1H3,(H3,15,16,17,18). The van der Waals surface area contributed by atoms with E-state index in [-0.39, 0.29) is 11.9 Å². The van der Waals surface area contributed by atoms with E-state index >= 15 is 0 Å². The lowest BCUT2D eigenvalue weighted by Crippen LogP contribution is -2.43. The number of anilines is 2. The molecular formula is C11H16F3N5O. The van der Waals surface area contributed by atoms with Crippen molar-refractivity contribution in [2.45, 2.75) is 12.3 Å². The highest BCUT2D eigenvalue weighted by Gasteiger charge is 2.33. The number of nitrogens with zero attached hydrogens (tertiary/aromatic N) is 3. The Morgan fingerprint density at radius 3 is 2.90 bits per heavy atom. The lowest BCUT2D eigenvalue weighted by atomic mass is 10.3. The Balaban J connectivity index is 2.00. The zero-order chi connectivity index (χ0) is 14.8. The van der Waals surface area contributed by atoms with Crippen molar-refractivity contribution in [1.29, 1.82) is 0 Å². The minimum Gasteiger partial charge on any atom is -0.374 e. The predicted octanol–water partition coefficient (Wildman–Crippen LogP) is 0.820. The summed E-state index contributed by atoms with van der Waals surface area (Å²) in [6, 6.07) is 0.836. The molecule has 2 heterocycles. The second-order valence-corrected chi connectivity index (χ2v) is 4.63. The summed E-state index contributed by atoms with van der Waals surface area (Å²) in [5.41, 5.74) is 4.22. The van der Waals surface area contributed by atoms with Crippen molar-refractivity contribution in [2.24, 2.45) is 0 Å². The van der Waals surface area contributed by atoms with Gasteiger partial charge in [0.15, 0.2) is 5.69 Å². The summed E-state index contributed by atoms with van der Waals surface area (Å²) in [5, 5.41) is 2.81. The molecule has 112 valence electrons. The first-order valence-electron chi connectivity index (χ1n) is 6.10. The SMILES string of the molecule is CN1CCOC(CNc2cc(C(F)(F)F)nc(N)n2)C1. The number of morpholine rings is 1. The Kier molecular flexibility index (Phi) is 4.29. The van der Waals surface area contributed by atoms with Gasteiger partial charge in [-0.2, -0.15) is 18.2 Å². The van der Waals surface area contributed by atoms with Gasteiger partial charge in [0.25, 0.3) is 0 Å². The maximum absolute atomic E-state index is 12.6. The van der Waals surface area contributed by atoms with Crippen LogP contribution in [0.25, 0.3) is 0 Å². The van der Waals surface area contributed by atoms with E-state index < -0.39 is 17.8 Å². The van der Waals surface area contributed by atoms with Crippen LogP contribution >= 0.6 is 0 Å². The van der Waals surface area contributed by atoms with Gasteiger partial charge in [0.1, 0.15) is 5.82 Å². The summed E-state index contributed by atoms with van der Waals surface area (Å²) in [5.74, 6) is -0.370. The third-order valence-corrected chi connectivity index (χ3v) is 2.89. The smallest absolute Gasteiger partial charge is 0.374 e. The third-order valence-electron chi connectivity index (χ3n) is 2.89. The number of aromatic nitrogens is 2. The molecule has 3 N–H and O–H groups in total. The van der Waals surface area contributed by atoms with Gasteiger partial charge in [-0.05, 0) is 7.05 Å². The fraction of sp³-hybridized carbons (Fsp3) is 0.636. The van der Waals surface area contributed by atoms with Gasteiger partial charge < -0.3 is 20.7 Å². The van der Waals surface area contributed by atoms with Crippen molar-refractivity contribution in [3.05, 3.63) is 11.8 Å². The molecule has 0 saturated carbocycles. The molecule has 6 nitrogen and oxygen atoms in total. The number of nitrogens with two attached hydrogens (primary N) is 1. The fourth-order valence-corrected chi connectivity index (χ4v) is 1.91. The topological polar surface area (TPSA) is 76.3 Å². The average molecular weight is 291 g/mol. The van der Waals surface area contributed by atoms with Gasteiger partial charge >= 0.3 is 6.18 Å². The summed E-state index contributed by atoms with van der Waals surface area (Å²) < 4.78 is 43.3. The second-order valence-electron chi connectivity index (χ2n) is 4.63. The Bertz CT molecular complexity index is 468. The quantitative estimate of drug-likeness (QED) is 0.858. The van der Waals surface area contributed by atoms with E-state index in [1.807, 2.05) is 7.05 Å². The van der Waals surface area contributed by atoms with Crippen molar-refractivity contribution in [3.8, 4) is 0 Å². The fourth-order valence-electron chi connectivity index (χ4n) is 1.91. The van der Waals surface area contributed by atoms with E-state index in [9.17, 15) is 13.2 Å². The first kappa shape index (κ1) is 14.8. The van der Waals surface area contributed by atoms with Crippen LogP contribution in [0.2, 0.25) is 0 Å². The van der Waals surface area contributed by atoms with Crippen molar-refractivity contribution >= 4 is 11.8 Å². The molecule has 20 heavy (non-hydrogen) atoms. The highest BCUT2D eigenvalue weighted by molar-refractivity contribution is 5.41. The second kappa shape index (κ2) is 5.80. The van der Waals surface area contributed by atoms with Gasteiger partial charge in [0.05, 0.1) is 12.7 Å². The molecule has 1 aromatic rings. The molecule has 2 rings (SSSR count). The number of hydrogen-bond donors (Lipinski definition) is 2. The summed E-state index contributed by atoms with van der Waals surface area (Å²) in [7, 11) is 1.96. The molecular weight excluding hydrogens is 275 g/mol. The Labute approximate surface area is 114 Å². The highest BCUT2D eigenvalue weighted by atomic mass is 19.4. The molecule has 1 aliphatic heterocycles. The minimum absolute atomic E-state index is 0.0432. The van der Waals surface area contributed by atoms with E-state index in [1.165, 1.54) is 0 Å². The van der Waals surface area contributed by atoms with Crippen molar-refractivity contribution < 1.29 is 17.9 Å². The van der Waals surface area contributed by atoms with E-state index in [4.69, 9.17) is 10.5 Å². The molecule has 0 aliphatic carbocycles. The van der Waals surface area contributed by atoms with Crippen LogP contribution in [-0.4, -0.2) is 54.3 Å². The molecule has 0 aromatic carbocycles. The van der Waals surface area contributed by atoms with Crippen LogP contribution in [0.1, 0.15) is 5.69 Å². The van der Waals surface area contributed by atoms with E-state index in [1.54, 1.807) is 0 Å². The van der Waals surface area contributed by atoms with Crippen LogP contribution in [0, 0.1) is 0 Å².